The zero-order valence-electron chi connectivity index (χ0n) is 18.4. The van der Waals surface area contributed by atoms with Gasteiger partial charge in [-0.15, -0.1) is 0 Å². The molecule has 29 heavy (non-hydrogen) atoms. The van der Waals surface area contributed by atoms with E-state index in [1.807, 2.05) is 36.1 Å². The van der Waals surface area contributed by atoms with Gasteiger partial charge in [0.15, 0.2) is 6.61 Å². The number of benzene rings is 1. The Morgan fingerprint density at radius 1 is 1.07 bits per heavy atom. The molecule has 1 saturated heterocycles. The second-order valence-corrected chi connectivity index (χ2v) is 10.2. The fourth-order valence-electron chi connectivity index (χ4n) is 5.06. The third-order valence-electron chi connectivity index (χ3n) is 6.85. The van der Waals surface area contributed by atoms with Crippen LogP contribution < -0.4 is 4.74 Å². The van der Waals surface area contributed by atoms with E-state index in [4.69, 9.17) is 4.74 Å². The lowest BCUT2D eigenvalue weighted by Crippen LogP contribution is -2.41. The van der Waals surface area contributed by atoms with Crippen LogP contribution in [0, 0.1) is 18.8 Å². The van der Waals surface area contributed by atoms with Gasteiger partial charge in [0.25, 0.3) is 5.91 Å². The average Bonchev–Trinajstić information content (AvgIpc) is 3.23. The minimum absolute atomic E-state index is 0.122. The Kier molecular flexibility index (Phi) is 9.23. The van der Waals surface area contributed by atoms with Crippen molar-refractivity contribution in [1.29, 1.82) is 0 Å². The van der Waals surface area contributed by atoms with Crippen molar-refractivity contribution in [3.63, 3.8) is 0 Å². The molecule has 0 spiro atoms. The van der Waals surface area contributed by atoms with Crippen LogP contribution in [0.15, 0.2) is 24.3 Å². The van der Waals surface area contributed by atoms with E-state index < -0.39 is 0 Å². The molecule has 2 atom stereocenters. The molecule has 2 fully saturated rings. The van der Waals surface area contributed by atoms with Crippen molar-refractivity contribution in [3.8, 4) is 5.75 Å². The van der Waals surface area contributed by atoms with Gasteiger partial charge in [0.1, 0.15) is 5.75 Å². The van der Waals surface area contributed by atoms with Crippen molar-refractivity contribution in [3.05, 3.63) is 29.8 Å². The highest BCUT2D eigenvalue weighted by Crippen LogP contribution is 2.42. The van der Waals surface area contributed by atoms with Crippen molar-refractivity contribution in [2.24, 2.45) is 11.8 Å². The maximum absolute atomic E-state index is 12.9. The molecule has 1 aliphatic heterocycles. The van der Waals surface area contributed by atoms with Crippen molar-refractivity contribution >= 4 is 17.7 Å². The van der Waals surface area contributed by atoms with E-state index in [0.29, 0.717) is 5.25 Å². The van der Waals surface area contributed by atoms with E-state index in [1.165, 1.54) is 63.5 Å². The lowest BCUT2D eigenvalue weighted by molar-refractivity contribution is -0.133. The summed E-state index contributed by atoms with van der Waals surface area (Å²) in [5.41, 5.74) is 1.08. The number of hydrogen-bond donors (Lipinski definition) is 0. The van der Waals surface area contributed by atoms with Gasteiger partial charge < -0.3 is 9.64 Å². The third-order valence-corrected chi connectivity index (χ3v) is 8.24. The first-order valence-electron chi connectivity index (χ1n) is 11.8. The Balaban J connectivity index is 1.55. The van der Waals surface area contributed by atoms with Gasteiger partial charge in [-0.3, -0.25) is 4.79 Å². The fraction of sp³-hybridized carbons (Fsp3) is 0.720. The summed E-state index contributed by atoms with van der Waals surface area (Å²) in [5.74, 6) is 3.85. The monoisotopic (exact) mass is 417 g/mol. The highest BCUT2D eigenvalue weighted by molar-refractivity contribution is 8.00. The van der Waals surface area contributed by atoms with Crippen LogP contribution in [-0.4, -0.2) is 41.5 Å². The average molecular weight is 418 g/mol. The first-order chi connectivity index (χ1) is 14.2. The van der Waals surface area contributed by atoms with E-state index in [-0.39, 0.29) is 12.5 Å². The smallest absolute Gasteiger partial charge is 0.260 e. The standard InChI is InChI=1S/C25H39NO2S/c1-3-26(25(27)19-28-23-15-11-10-12-20(23)2)18-24-22(16-17-29-24)21-13-8-6-4-5-7-9-14-21/h10-12,15,21-22,24H,3-9,13-14,16-19H2,1-2H3. The second-order valence-electron chi connectivity index (χ2n) is 8.81. The molecule has 0 aromatic heterocycles. The number of hydrogen-bond acceptors (Lipinski definition) is 3. The summed E-state index contributed by atoms with van der Waals surface area (Å²) in [4.78, 5) is 14.9. The molecule has 1 aliphatic carbocycles. The summed E-state index contributed by atoms with van der Waals surface area (Å²) in [6.45, 7) is 5.92. The predicted octanol–water partition coefficient (Wildman–Crippen LogP) is 6.09. The molecule has 4 heteroatoms. The minimum Gasteiger partial charge on any atom is -0.484 e. The summed E-state index contributed by atoms with van der Waals surface area (Å²) >= 11 is 2.10. The number of thioether (sulfide) groups is 1. The normalized spacial score (nSPS) is 23.8. The number of ether oxygens (including phenoxy) is 1. The molecule has 162 valence electrons. The van der Waals surface area contributed by atoms with Crippen molar-refractivity contribution in [2.75, 3.05) is 25.4 Å². The van der Waals surface area contributed by atoms with Gasteiger partial charge in [-0.1, -0.05) is 69.6 Å². The summed E-state index contributed by atoms with van der Waals surface area (Å²) in [5, 5.41) is 0.600. The Bertz CT molecular complexity index is 625. The molecule has 1 heterocycles. The van der Waals surface area contributed by atoms with Gasteiger partial charge in [0.2, 0.25) is 0 Å². The second kappa shape index (κ2) is 11.9. The molecule has 0 radical (unpaired) electrons. The Labute approximate surface area is 182 Å². The van der Waals surface area contributed by atoms with Gasteiger partial charge in [0, 0.05) is 18.3 Å². The molecule has 2 unspecified atom stereocenters. The summed E-state index contributed by atoms with van der Waals surface area (Å²) in [6.07, 6.45) is 12.6. The van der Waals surface area contributed by atoms with Gasteiger partial charge in [-0.25, -0.2) is 0 Å². The molecule has 1 aromatic carbocycles. The molecule has 1 amide bonds. The number of para-hydroxylation sites is 1. The van der Waals surface area contributed by atoms with Crippen LogP contribution in [0.4, 0.5) is 0 Å². The first-order valence-corrected chi connectivity index (χ1v) is 12.8. The number of aryl methyl sites for hydroxylation is 1. The van der Waals surface area contributed by atoms with E-state index in [1.54, 1.807) is 0 Å². The van der Waals surface area contributed by atoms with Crippen LogP contribution >= 0.6 is 11.8 Å². The fourth-order valence-corrected chi connectivity index (χ4v) is 6.66. The maximum Gasteiger partial charge on any atom is 0.260 e. The zero-order chi connectivity index (χ0) is 20.5. The number of carbonyl (C=O) groups excluding carboxylic acids is 1. The van der Waals surface area contributed by atoms with Crippen LogP contribution in [0.1, 0.15) is 70.3 Å². The molecule has 1 aromatic rings. The highest BCUT2D eigenvalue weighted by Gasteiger charge is 2.35. The van der Waals surface area contributed by atoms with Crippen LogP contribution in [0.3, 0.4) is 0 Å². The molecule has 1 saturated carbocycles. The number of rotatable bonds is 7. The molecule has 0 bridgehead atoms. The SMILES string of the molecule is CCN(CC1SCCC1C1CCCCCCCC1)C(=O)COc1ccccc1C. The van der Waals surface area contributed by atoms with Crippen LogP contribution in [0.5, 0.6) is 5.75 Å². The molecule has 3 nitrogen and oxygen atoms in total. The van der Waals surface area contributed by atoms with Crippen LogP contribution in [0.25, 0.3) is 0 Å². The van der Waals surface area contributed by atoms with E-state index in [2.05, 4.69) is 18.7 Å². The Hall–Kier alpha value is -1.16. The molecular weight excluding hydrogens is 378 g/mol. The molecule has 2 aliphatic rings. The van der Waals surface area contributed by atoms with E-state index in [9.17, 15) is 4.79 Å². The van der Waals surface area contributed by atoms with Crippen LogP contribution in [-0.2, 0) is 4.79 Å². The predicted molar refractivity (Wildman–Crippen MR) is 124 cm³/mol. The number of amides is 1. The quantitative estimate of drug-likeness (QED) is 0.537. The number of likely N-dealkylation sites (N-methyl/N-ethyl adjacent to an activating group) is 1. The van der Waals surface area contributed by atoms with Crippen molar-refractivity contribution < 1.29 is 9.53 Å². The lowest BCUT2D eigenvalue weighted by atomic mass is 9.80. The maximum atomic E-state index is 12.9. The van der Waals surface area contributed by atoms with Gasteiger partial charge >= 0.3 is 0 Å². The van der Waals surface area contributed by atoms with E-state index >= 15 is 0 Å². The van der Waals surface area contributed by atoms with Crippen LogP contribution in [0.2, 0.25) is 0 Å². The van der Waals surface area contributed by atoms with E-state index in [0.717, 1.165) is 36.2 Å². The molecular formula is C25H39NO2S. The summed E-state index contributed by atoms with van der Waals surface area (Å²) in [7, 11) is 0. The first kappa shape index (κ1) is 22.5. The summed E-state index contributed by atoms with van der Waals surface area (Å²) in [6, 6.07) is 7.92. The van der Waals surface area contributed by atoms with Crippen molar-refractivity contribution in [2.45, 2.75) is 76.9 Å². The van der Waals surface area contributed by atoms with Crippen molar-refractivity contribution in [1.82, 2.24) is 4.90 Å². The van der Waals surface area contributed by atoms with Gasteiger partial charge in [-0.2, -0.15) is 11.8 Å². The largest absolute Gasteiger partial charge is 0.484 e. The third kappa shape index (κ3) is 6.67. The topological polar surface area (TPSA) is 29.5 Å². The summed E-state index contributed by atoms with van der Waals surface area (Å²) < 4.78 is 5.84. The van der Waals surface area contributed by atoms with Gasteiger partial charge in [0.05, 0.1) is 0 Å². The van der Waals surface area contributed by atoms with Gasteiger partial charge in [-0.05, 0) is 49.5 Å². The Morgan fingerprint density at radius 2 is 1.76 bits per heavy atom. The number of nitrogens with zero attached hydrogens (tertiary/aromatic N) is 1. The minimum atomic E-state index is 0.122. The Morgan fingerprint density at radius 3 is 2.45 bits per heavy atom. The molecule has 0 N–H and O–H groups in total. The lowest BCUT2D eigenvalue weighted by Gasteiger charge is -2.32. The zero-order valence-corrected chi connectivity index (χ0v) is 19.2. The highest BCUT2D eigenvalue weighted by atomic mass is 32.2. The molecule has 3 rings (SSSR count). The number of carbonyl (C=O) groups is 1.